The number of hydrogen-bond acceptors (Lipinski definition) is 3. The zero-order chi connectivity index (χ0) is 16.1. The van der Waals surface area contributed by atoms with Crippen LogP contribution in [0.1, 0.15) is 5.56 Å². The number of amides is 2. The van der Waals surface area contributed by atoms with E-state index >= 15 is 0 Å². The lowest BCUT2D eigenvalue weighted by Gasteiger charge is -2.12. The van der Waals surface area contributed by atoms with Crippen molar-refractivity contribution in [1.82, 2.24) is 0 Å². The molecule has 0 unspecified atom stereocenters. The third-order valence-corrected chi connectivity index (χ3v) is 2.96. The minimum atomic E-state index is -0.440. The number of carbonyl (C=O) groups is 1. The van der Waals surface area contributed by atoms with E-state index in [1.807, 2.05) is 19.1 Å². The Morgan fingerprint density at radius 3 is 2.36 bits per heavy atom. The molecule has 0 aromatic heterocycles. The van der Waals surface area contributed by atoms with Crippen molar-refractivity contribution in [2.75, 3.05) is 16.0 Å². The summed E-state index contributed by atoms with van der Waals surface area (Å²) < 4.78 is 13.1. The number of carbonyl (C=O) groups excluding carboxylic acids is 1. The SMILES string of the molecule is C=C(S)Nc1ccc(NC(=O)Nc2cccc(F)c2)cc1C. The summed E-state index contributed by atoms with van der Waals surface area (Å²) in [5.41, 5.74) is 2.80. The Bertz CT molecular complexity index is 718. The normalized spacial score (nSPS) is 9.95. The zero-order valence-electron chi connectivity index (χ0n) is 12.0. The van der Waals surface area contributed by atoms with Gasteiger partial charge in [-0.15, -0.1) is 12.6 Å². The largest absolute Gasteiger partial charge is 0.351 e. The van der Waals surface area contributed by atoms with Crippen molar-refractivity contribution in [3.05, 3.63) is 65.5 Å². The van der Waals surface area contributed by atoms with Crippen molar-refractivity contribution in [2.24, 2.45) is 0 Å². The number of nitrogens with one attached hydrogen (secondary N) is 3. The van der Waals surface area contributed by atoms with E-state index in [0.29, 0.717) is 16.4 Å². The number of urea groups is 1. The van der Waals surface area contributed by atoms with Crippen LogP contribution in [-0.4, -0.2) is 6.03 Å². The molecule has 0 aliphatic carbocycles. The molecule has 2 rings (SSSR count). The first-order valence-electron chi connectivity index (χ1n) is 6.53. The number of aryl methyl sites for hydroxylation is 1. The summed E-state index contributed by atoms with van der Waals surface area (Å²) in [5.74, 6) is -0.406. The van der Waals surface area contributed by atoms with Crippen LogP contribution < -0.4 is 16.0 Å². The van der Waals surface area contributed by atoms with E-state index in [2.05, 4.69) is 35.2 Å². The van der Waals surface area contributed by atoms with Gasteiger partial charge in [-0.05, 0) is 48.9 Å². The highest BCUT2D eigenvalue weighted by Crippen LogP contribution is 2.21. The van der Waals surface area contributed by atoms with E-state index in [1.165, 1.54) is 18.2 Å². The second kappa shape index (κ2) is 7.00. The van der Waals surface area contributed by atoms with Gasteiger partial charge in [0.05, 0.1) is 5.03 Å². The molecular formula is C16H16FN3OS. The molecule has 2 aromatic carbocycles. The Kier molecular flexibility index (Phi) is 5.06. The van der Waals surface area contributed by atoms with E-state index in [0.717, 1.165) is 11.3 Å². The van der Waals surface area contributed by atoms with Crippen molar-refractivity contribution < 1.29 is 9.18 Å². The maximum absolute atomic E-state index is 13.1. The van der Waals surface area contributed by atoms with Crippen LogP contribution in [-0.2, 0) is 0 Å². The van der Waals surface area contributed by atoms with Crippen LogP contribution in [0.5, 0.6) is 0 Å². The Labute approximate surface area is 133 Å². The molecule has 22 heavy (non-hydrogen) atoms. The maximum atomic E-state index is 13.1. The second-order valence-corrected chi connectivity index (χ2v) is 5.23. The van der Waals surface area contributed by atoms with Crippen LogP contribution in [0, 0.1) is 12.7 Å². The van der Waals surface area contributed by atoms with Crippen LogP contribution in [0.15, 0.2) is 54.1 Å². The molecule has 2 amide bonds. The van der Waals surface area contributed by atoms with Gasteiger partial charge in [-0.3, -0.25) is 0 Å². The van der Waals surface area contributed by atoms with Gasteiger partial charge in [0.15, 0.2) is 0 Å². The molecule has 0 saturated heterocycles. The van der Waals surface area contributed by atoms with Gasteiger partial charge in [0.2, 0.25) is 0 Å². The van der Waals surface area contributed by atoms with E-state index in [1.54, 1.807) is 12.1 Å². The average molecular weight is 317 g/mol. The van der Waals surface area contributed by atoms with E-state index in [4.69, 9.17) is 0 Å². The standard InChI is InChI=1S/C16H16FN3OS/c1-10-8-14(6-7-15(10)18-11(2)22)20-16(21)19-13-5-3-4-12(17)9-13/h3-9,18,22H,2H2,1H3,(H2,19,20,21). The van der Waals surface area contributed by atoms with Gasteiger partial charge in [-0.25, -0.2) is 9.18 Å². The van der Waals surface area contributed by atoms with Gasteiger partial charge in [0, 0.05) is 17.1 Å². The van der Waals surface area contributed by atoms with Gasteiger partial charge in [0.1, 0.15) is 5.82 Å². The number of anilines is 3. The van der Waals surface area contributed by atoms with Crippen molar-refractivity contribution in [1.29, 1.82) is 0 Å². The fourth-order valence-corrected chi connectivity index (χ4v) is 2.02. The summed E-state index contributed by atoms with van der Waals surface area (Å²) in [6.45, 7) is 5.56. The molecule has 0 atom stereocenters. The summed E-state index contributed by atoms with van der Waals surface area (Å²) in [4.78, 5) is 11.9. The van der Waals surface area contributed by atoms with Gasteiger partial charge in [-0.1, -0.05) is 12.6 Å². The second-order valence-electron chi connectivity index (χ2n) is 4.69. The Hall–Kier alpha value is -2.47. The first-order chi connectivity index (χ1) is 10.4. The van der Waals surface area contributed by atoms with Crippen LogP contribution in [0.3, 0.4) is 0 Å². The van der Waals surface area contributed by atoms with E-state index in [9.17, 15) is 9.18 Å². The molecule has 0 radical (unpaired) electrons. The highest BCUT2D eigenvalue weighted by molar-refractivity contribution is 7.84. The molecule has 0 aliphatic heterocycles. The molecule has 3 N–H and O–H groups in total. The van der Waals surface area contributed by atoms with E-state index < -0.39 is 11.8 Å². The van der Waals surface area contributed by atoms with Crippen molar-refractivity contribution in [2.45, 2.75) is 6.92 Å². The highest BCUT2D eigenvalue weighted by Gasteiger charge is 2.05. The molecule has 0 spiro atoms. The highest BCUT2D eigenvalue weighted by atomic mass is 32.1. The quantitative estimate of drug-likeness (QED) is 0.623. The Morgan fingerprint density at radius 2 is 1.77 bits per heavy atom. The van der Waals surface area contributed by atoms with E-state index in [-0.39, 0.29) is 0 Å². The molecular weight excluding hydrogens is 301 g/mol. The van der Waals surface area contributed by atoms with Crippen molar-refractivity contribution in [3.8, 4) is 0 Å². The molecule has 114 valence electrons. The number of benzene rings is 2. The molecule has 0 fully saturated rings. The Morgan fingerprint density at radius 1 is 1.09 bits per heavy atom. The number of rotatable bonds is 4. The molecule has 0 bridgehead atoms. The van der Waals surface area contributed by atoms with Crippen molar-refractivity contribution in [3.63, 3.8) is 0 Å². The first-order valence-corrected chi connectivity index (χ1v) is 6.98. The monoisotopic (exact) mass is 317 g/mol. The fourth-order valence-electron chi connectivity index (χ4n) is 1.90. The molecule has 4 nitrogen and oxygen atoms in total. The van der Waals surface area contributed by atoms with Gasteiger partial charge >= 0.3 is 6.03 Å². The summed E-state index contributed by atoms with van der Waals surface area (Å²) in [7, 11) is 0. The minimum Gasteiger partial charge on any atom is -0.351 e. The maximum Gasteiger partial charge on any atom is 0.323 e. The van der Waals surface area contributed by atoms with Crippen LogP contribution in [0.4, 0.5) is 26.2 Å². The summed E-state index contributed by atoms with van der Waals surface area (Å²) in [6, 6.07) is 10.6. The minimum absolute atomic E-state index is 0.388. The van der Waals surface area contributed by atoms with Gasteiger partial charge in [-0.2, -0.15) is 0 Å². The third-order valence-electron chi connectivity index (χ3n) is 2.85. The van der Waals surface area contributed by atoms with Crippen LogP contribution in [0.25, 0.3) is 0 Å². The lowest BCUT2D eigenvalue weighted by molar-refractivity contribution is 0.262. The van der Waals surface area contributed by atoms with Crippen LogP contribution in [0.2, 0.25) is 0 Å². The van der Waals surface area contributed by atoms with Crippen LogP contribution >= 0.6 is 12.6 Å². The Balaban J connectivity index is 2.02. The number of hydrogen-bond donors (Lipinski definition) is 4. The topological polar surface area (TPSA) is 53.2 Å². The zero-order valence-corrected chi connectivity index (χ0v) is 12.9. The molecule has 2 aromatic rings. The predicted octanol–water partition coefficient (Wildman–Crippen LogP) is 4.59. The smallest absolute Gasteiger partial charge is 0.323 e. The van der Waals surface area contributed by atoms with Gasteiger partial charge < -0.3 is 16.0 Å². The summed E-state index contributed by atoms with van der Waals surface area (Å²) >= 11 is 4.09. The fraction of sp³-hybridized carbons (Fsp3) is 0.0625. The predicted molar refractivity (Wildman–Crippen MR) is 92.0 cm³/mol. The molecule has 0 heterocycles. The molecule has 6 heteroatoms. The summed E-state index contributed by atoms with van der Waals surface area (Å²) in [6.07, 6.45) is 0. The third kappa shape index (κ3) is 4.53. The number of thiol groups is 1. The van der Waals surface area contributed by atoms with Crippen molar-refractivity contribution >= 4 is 35.7 Å². The average Bonchev–Trinajstić information content (AvgIpc) is 2.41. The number of halogens is 1. The lowest BCUT2D eigenvalue weighted by Crippen LogP contribution is -2.19. The first kappa shape index (κ1) is 15.9. The lowest BCUT2D eigenvalue weighted by atomic mass is 10.2. The van der Waals surface area contributed by atoms with Gasteiger partial charge in [0.25, 0.3) is 0 Å². The molecule has 0 aliphatic rings. The molecule has 0 saturated carbocycles. The summed E-state index contributed by atoms with van der Waals surface area (Å²) in [5, 5.41) is 8.79.